The van der Waals surface area contributed by atoms with Crippen LogP contribution in [0, 0.1) is 17.2 Å². The maximum atomic E-state index is 10.3. The second kappa shape index (κ2) is 5.87. The zero-order valence-electron chi connectivity index (χ0n) is 6.88. The van der Waals surface area contributed by atoms with Crippen LogP contribution in [-0.2, 0) is 4.79 Å². The minimum atomic E-state index is -0.972. The first-order valence-corrected chi connectivity index (χ1v) is 4.02. The van der Waals surface area contributed by atoms with Crippen molar-refractivity contribution in [2.45, 2.75) is 25.8 Å². The van der Waals surface area contributed by atoms with Gasteiger partial charge in [-0.05, 0) is 23.9 Å². The highest BCUT2D eigenvalue weighted by Gasteiger charge is 2.14. The van der Waals surface area contributed by atoms with Gasteiger partial charge in [0.15, 0.2) is 0 Å². The molecular formula is C8H12ClNO2. The second-order valence-electron chi connectivity index (χ2n) is 2.76. The maximum Gasteiger partial charge on any atom is 0.320 e. The minimum absolute atomic E-state index is 0.169. The third-order valence-electron chi connectivity index (χ3n) is 1.49. The van der Waals surface area contributed by atoms with Crippen molar-refractivity contribution in [3.8, 4) is 11.3 Å². The lowest BCUT2D eigenvalue weighted by atomic mass is 10.00. The van der Waals surface area contributed by atoms with Gasteiger partial charge in [0.05, 0.1) is 0 Å². The molecule has 0 aliphatic carbocycles. The van der Waals surface area contributed by atoms with Crippen molar-refractivity contribution in [2.24, 2.45) is 11.7 Å². The number of nitrogens with two attached hydrogens (primary N) is 1. The molecule has 0 aliphatic rings. The average molecular weight is 190 g/mol. The maximum absolute atomic E-state index is 10.3. The summed E-state index contributed by atoms with van der Waals surface area (Å²) in [6.07, 6.45) is 1.02. The van der Waals surface area contributed by atoms with E-state index < -0.39 is 12.0 Å². The lowest BCUT2D eigenvalue weighted by Gasteiger charge is -2.10. The number of hydrogen-bond donors (Lipinski definition) is 2. The van der Waals surface area contributed by atoms with Gasteiger partial charge in [-0.2, -0.15) is 0 Å². The third-order valence-corrected chi connectivity index (χ3v) is 1.62. The van der Waals surface area contributed by atoms with E-state index in [2.05, 4.69) is 11.3 Å². The van der Waals surface area contributed by atoms with Gasteiger partial charge in [-0.3, -0.25) is 4.79 Å². The van der Waals surface area contributed by atoms with Crippen molar-refractivity contribution in [3.63, 3.8) is 0 Å². The average Bonchev–Trinajstić information content (AvgIpc) is 2.00. The van der Waals surface area contributed by atoms with E-state index in [1.165, 1.54) is 0 Å². The Labute approximate surface area is 76.9 Å². The van der Waals surface area contributed by atoms with Gasteiger partial charge in [0.1, 0.15) is 6.04 Å². The molecule has 0 fully saturated rings. The minimum Gasteiger partial charge on any atom is -0.480 e. The lowest BCUT2D eigenvalue weighted by molar-refractivity contribution is -0.138. The number of halogens is 1. The zero-order chi connectivity index (χ0) is 9.56. The Balaban J connectivity index is 3.73. The largest absolute Gasteiger partial charge is 0.480 e. The monoisotopic (exact) mass is 189 g/mol. The molecule has 0 amide bonds. The van der Waals surface area contributed by atoms with Crippen LogP contribution in [0.15, 0.2) is 0 Å². The predicted octanol–water partition coefficient (Wildman–Crippen LogP) is 1.01. The third kappa shape index (κ3) is 5.00. The molecule has 1 unspecified atom stereocenters. The number of hydrogen-bond acceptors (Lipinski definition) is 2. The Bertz CT molecular complexity index is 207. The van der Waals surface area contributed by atoms with Crippen LogP contribution in [0.4, 0.5) is 0 Å². The van der Waals surface area contributed by atoms with E-state index in [0.29, 0.717) is 12.8 Å². The fourth-order valence-electron chi connectivity index (χ4n) is 0.830. The van der Waals surface area contributed by atoms with Gasteiger partial charge in [0.2, 0.25) is 0 Å². The quantitative estimate of drug-likeness (QED) is 0.649. The predicted molar refractivity (Wildman–Crippen MR) is 47.6 cm³/mol. The summed E-state index contributed by atoms with van der Waals surface area (Å²) in [5.41, 5.74) is 5.31. The Kier molecular flexibility index (Phi) is 5.52. The summed E-state index contributed by atoms with van der Waals surface area (Å²) in [6.45, 7) is 1.89. The van der Waals surface area contributed by atoms with Crippen molar-refractivity contribution in [1.82, 2.24) is 0 Å². The van der Waals surface area contributed by atoms with Gasteiger partial charge in [-0.15, -0.1) is 0 Å². The molecule has 3 N–H and O–H groups in total. The van der Waals surface area contributed by atoms with E-state index in [1.54, 1.807) is 0 Å². The van der Waals surface area contributed by atoms with Crippen LogP contribution in [0.1, 0.15) is 19.8 Å². The molecular weight excluding hydrogens is 178 g/mol. The number of carboxylic acids is 1. The highest BCUT2D eigenvalue weighted by atomic mass is 35.5. The Morgan fingerprint density at radius 3 is 2.75 bits per heavy atom. The molecule has 0 aliphatic heterocycles. The van der Waals surface area contributed by atoms with Gasteiger partial charge in [-0.1, -0.05) is 12.8 Å². The molecule has 2 atom stereocenters. The topological polar surface area (TPSA) is 63.3 Å². The van der Waals surface area contributed by atoms with Gasteiger partial charge < -0.3 is 10.8 Å². The first kappa shape index (κ1) is 11.3. The van der Waals surface area contributed by atoms with Crippen LogP contribution in [0.5, 0.6) is 0 Å². The fourth-order valence-corrected chi connectivity index (χ4v) is 0.908. The molecule has 12 heavy (non-hydrogen) atoms. The van der Waals surface area contributed by atoms with E-state index in [4.69, 9.17) is 22.4 Å². The molecule has 0 bridgehead atoms. The van der Waals surface area contributed by atoms with Crippen molar-refractivity contribution >= 4 is 17.6 Å². The van der Waals surface area contributed by atoms with Crippen LogP contribution in [-0.4, -0.2) is 17.1 Å². The summed E-state index contributed by atoms with van der Waals surface area (Å²) < 4.78 is 0. The smallest absolute Gasteiger partial charge is 0.320 e. The zero-order valence-corrected chi connectivity index (χ0v) is 7.64. The van der Waals surface area contributed by atoms with Gasteiger partial charge in [0, 0.05) is 11.8 Å². The van der Waals surface area contributed by atoms with Gasteiger partial charge >= 0.3 is 5.97 Å². The SMILES string of the molecule is CC(CC#CCl)C[C@H](N)C(=O)O. The number of rotatable bonds is 4. The Hall–Kier alpha value is -0.720. The van der Waals surface area contributed by atoms with E-state index in [-0.39, 0.29) is 5.92 Å². The van der Waals surface area contributed by atoms with E-state index in [9.17, 15) is 4.79 Å². The lowest BCUT2D eigenvalue weighted by Crippen LogP contribution is -2.31. The Morgan fingerprint density at radius 2 is 2.33 bits per heavy atom. The summed E-state index contributed by atoms with van der Waals surface area (Å²) in [4.78, 5) is 10.3. The number of carbonyl (C=O) groups is 1. The fraction of sp³-hybridized carbons (Fsp3) is 0.625. The molecule has 3 nitrogen and oxygen atoms in total. The van der Waals surface area contributed by atoms with E-state index >= 15 is 0 Å². The van der Waals surface area contributed by atoms with Crippen molar-refractivity contribution in [1.29, 1.82) is 0 Å². The highest BCUT2D eigenvalue weighted by molar-refractivity contribution is 6.30. The van der Waals surface area contributed by atoms with Crippen LogP contribution < -0.4 is 5.73 Å². The molecule has 0 heterocycles. The molecule has 4 heteroatoms. The summed E-state index contributed by atoms with van der Waals surface area (Å²) in [7, 11) is 0. The van der Waals surface area contributed by atoms with Gasteiger partial charge in [-0.25, -0.2) is 0 Å². The van der Waals surface area contributed by atoms with Crippen LogP contribution in [0.25, 0.3) is 0 Å². The van der Waals surface area contributed by atoms with E-state index in [0.717, 1.165) is 0 Å². The van der Waals surface area contributed by atoms with Gasteiger partial charge in [0.25, 0.3) is 0 Å². The first-order valence-electron chi connectivity index (χ1n) is 3.64. The van der Waals surface area contributed by atoms with Crippen LogP contribution in [0.2, 0.25) is 0 Å². The summed E-state index contributed by atoms with van der Waals surface area (Å²) in [6, 6.07) is -0.794. The Morgan fingerprint density at radius 1 is 1.75 bits per heavy atom. The summed E-state index contributed by atoms with van der Waals surface area (Å²) >= 11 is 5.14. The normalized spacial score (nSPS) is 14.2. The molecule has 0 saturated heterocycles. The first-order chi connectivity index (χ1) is 5.57. The van der Waals surface area contributed by atoms with E-state index in [1.807, 2.05) is 6.92 Å². The summed E-state index contributed by atoms with van der Waals surface area (Å²) in [5, 5.41) is 10.7. The molecule has 0 rings (SSSR count). The molecule has 0 aromatic carbocycles. The van der Waals surface area contributed by atoms with Crippen LogP contribution in [0.3, 0.4) is 0 Å². The highest BCUT2D eigenvalue weighted by Crippen LogP contribution is 2.08. The molecule has 0 saturated carbocycles. The van der Waals surface area contributed by atoms with Crippen molar-refractivity contribution < 1.29 is 9.90 Å². The molecule has 0 aromatic rings. The number of aliphatic carboxylic acids is 1. The van der Waals surface area contributed by atoms with Crippen molar-refractivity contribution in [2.75, 3.05) is 0 Å². The standard InChI is InChI=1S/C8H12ClNO2/c1-6(3-2-4-9)5-7(10)8(11)12/h6-7H,3,5,10H2,1H3,(H,11,12)/t6?,7-/m0/s1. The number of carboxylic acid groups (broad SMARTS) is 1. The molecule has 0 radical (unpaired) electrons. The van der Waals surface area contributed by atoms with Crippen LogP contribution >= 0.6 is 11.6 Å². The van der Waals surface area contributed by atoms with Crippen molar-refractivity contribution in [3.05, 3.63) is 0 Å². The summed E-state index contributed by atoms with van der Waals surface area (Å²) in [5.74, 6) is 1.86. The second-order valence-corrected chi connectivity index (χ2v) is 2.95. The molecule has 0 spiro atoms. The molecule has 68 valence electrons. The molecule has 0 aromatic heterocycles.